The van der Waals surface area contributed by atoms with Crippen molar-refractivity contribution in [3.05, 3.63) is 31.3 Å². The molecule has 0 radical (unpaired) electrons. The first-order valence-electron chi connectivity index (χ1n) is 3.16. The van der Waals surface area contributed by atoms with Crippen molar-refractivity contribution in [3.8, 4) is 0 Å². The summed E-state index contributed by atoms with van der Waals surface area (Å²) in [5, 5.41) is 0. The van der Waals surface area contributed by atoms with Crippen molar-refractivity contribution in [2.45, 2.75) is 12.8 Å². The number of hydrogen-bond acceptors (Lipinski definition) is 0. The van der Waals surface area contributed by atoms with Crippen LogP contribution in [0.25, 0.3) is 0 Å². The molecular weight excluding hydrogens is 338 g/mol. The van der Waals surface area contributed by atoms with Gasteiger partial charge in [-0.25, -0.2) is 0 Å². The quantitative estimate of drug-likeness (QED) is 0.531. The lowest BCUT2D eigenvalue weighted by molar-refractivity contribution is 1.27. The molecule has 11 heavy (non-hydrogen) atoms. The fourth-order valence-electron chi connectivity index (χ4n) is 0.837. The zero-order valence-electron chi connectivity index (χ0n) is 6.00. The van der Waals surface area contributed by atoms with Gasteiger partial charge in [0.1, 0.15) is 0 Å². The molecule has 0 amide bonds. The summed E-state index contributed by atoms with van der Waals surface area (Å²) in [4.78, 5) is 0. The van der Waals surface area contributed by atoms with E-state index in [9.17, 15) is 0 Å². The highest BCUT2D eigenvalue weighted by molar-refractivity contribution is 14.1. The standard InChI is InChI=1S/C8H7BrClI/c1-5-6(4-10)2-3-7(11)8(5)9/h2-3H,4H2,1H3. The molecule has 0 nitrogen and oxygen atoms in total. The van der Waals surface area contributed by atoms with Crippen LogP contribution in [0.2, 0.25) is 0 Å². The smallest absolute Gasteiger partial charge is 0.0477 e. The normalized spacial score (nSPS) is 10.2. The van der Waals surface area contributed by atoms with Crippen molar-refractivity contribution in [2.75, 3.05) is 0 Å². The number of alkyl halides is 1. The molecule has 60 valence electrons. The molecule has 0 aliphatic rings. The second-order valence-electron chi connectivity index (χ2n) is 2.28. The summed E-state index contributed by atoms with van der Waals surface area (Å²) in [5.41, 5.74) is 2.44. The van der Waals surface area contributed by atoms with Gasteiger partial charge in [0, 0.05) is 13.9 Å². The molecule has 3 heteroatoms. The van der Waals surface area contributed by atoms with E-state index in [4.69, 9.17) is 11.6 Å². The van der Waals surface area contributed by atoms with Gasteiger partial charge in [-0.15, -0.1) is 11.6 Å². The Morgan fingerprint density at radius 1 is 1.55 bits per heavy atom. The van der Waals surface area contributed by atoms with E-state index in [0.29, 0.717) is 5.88 Å². The van der Waals surface area contributed by atoms with Gasteiger partial charge in [-0.1, -0.05) is 6.07 Å². The van der Waals surface area contributed by atoms with Crippen LogP contribution in [-0.2, 0) is 5.88 Å². The second-order valence-corrected chi connectivity index (χ2v) is 4.50. The van der Waals surface area contributed by atoms with E-state index in [1.807, 2.05) is 0 Å². The third-order valence-electron chi connectivity index (χ3n) is 1.60. The molecule has 1 aromatic rings. The zero-order valence-corrected chi connectivity index (χ0v) is 10.5. The summed E-state index contributed by atoms with van der Waals surface area (Å²) in [6.45, 7) is 2.07. The molecule has 0 unspecified atom stereocenters. The van der Waals surface area contributed by atoms with Crippen molar-refractivity contribution in [1.82, 2.24) is 0 Å². The Balaban J connectivity index is 3.25. The zero-order chi connectivity index (χ0) is 8.43. The first kappa shape index (κ1) is 9.81. The first-order chi connectivity index (χ1) is 5.16. The Labute approximate surface area is 93.6 Å². The van der Waals surface area contributed by atoms with E-state index < -0.39 is 0 Å². The minimum atomic E-state index is 0.585. The summed E-state index contributed by atoms with van der Waals surface area (Å²) >= 11 is 11.5. The van der Waals surface area contributed by atoms with Gasteiger partial charge in [0.2, 0.25) is 0 Å². The average Bonchev–Trinajstić information content (AvgIpc) is 2.01. The van der Waals surface area contributed by atoms with Crippen molar-refractivity contribution in [1.29, 1.82) is 0 Å². The lowest BCUT2D eigenvalue weighted by Gasteiger charge is -2.05. The number of rotatable bonds is 1. The number of halogens is 3. The van der Waals surface area contributed by atoms with Gasteiger partial charge in [-0.2, -0.15) is 0 Å². The highest BCUT2D eigenvalue weighted by Crippen LogP contribution is 2.26. The lowest BCUT2D eigenvalue weighted by Crippen LogP contribution is -1.88. The van der Waals surface area contributed by atoms with Gasteiger partial charge in [0.15, 0.2) is 0 Å². The Morgan fingerprint density at radius 3 is 2.73 bits per heavy atom. The highest BCUT2D eigenvalue weighted by atomic mass is 127. The molecule has 0 fully saturated rings. The number of benzene rings is 1. The van der Waals surface area contributed by atoms with E-state index >= 15 is 0 Å². The third kappa shape index (κ3) is 2.10. The molecule has 0 saturated carbocycles. The van der Waals surface area contributed by atoms with Crippen molar-refractivity contribution in [2.24, 2.45) is 0 Å². The Kier molecular flexibility index (Phi) is 3.65. The summed E-state index contributed by atoms with van der Waals surface area (Å²) in [6.07, 6.45) is 0. The molecule has 0 bridgehead atoms. The van der Waals surface area contributed by atoms with Crippen LogP contribution in [0.3, 0.4) is 0 Å². The third-order valence-corrected chi connectivity index (χ3v) is 4.55. The van der Waals surface area contributed by atoms with Crippen LogP contribution >= 0.6 is 50.1 Å². The highest BCUT2D eigenvalue weighted by Gasteiger charge is 2.03. The van der Waals surface area contributed by atoms with Crippen LogP contribution in [0.1, 0.15) is 11.1 Å². The van der Waals surface area contributed by atoms with Crippen LogP contribution in [0.15, 0.2) is 16.6 Å². The fraction of sp³-hybridized carbons (Fsp3) is 0.250. The maximum absolute atomic E-state index is 5.73. The Hall–Kier alpha value is 0.720. The Bertz CT molecular complexity index is 273. The summed E-state index contributed by atoms with van der Waals surface area (Å²) in [5.74, 6) is 0.585. The van der Waals surface area contributed by atoms with Crippen molar-refractivity contribution >= 4 is 50.1 Å². The second kappa shape index (κ2) is 4.10. The minimum absolute atomic E-state index is 0.585. The summed E-state index contributed by atoms with van der Waals surface area (Å²) in [6, 6.07) is 4.13. The van der Waals surface area contributed by atoms with Crippen LogP contribution < -0.4 is 0 Å². The molecule has 0 aliphatic carbocycles. The monoisotopic (exact) mass is 344 g/mol. The van der Waals surface area contributed by atoms with Crippen molar-refractivity contribution in [3.63, 3.8) is 0 Å². The minimum Gasteiger partial charge on any atom is -0.122 e. The molecular formula is C8H7BrClI. The average molecular weight is 345 g/mol. The first-order valence-corrected chi connectivity index (χ1v) is 5.57. The van der Waals surface area contributed by atoms with Gasteiger partial charge >= 0.3 is 0 Å². The van der Waals surface area contributed by atoms with Gasteiger partial charge in [-0.05, 0) is 62.6 Å². The molecule has 1 rings (SSSR count). The van der Waals surface area contributed by atoms with Crippen LogP contribution in [0.4, 0.5) is 0 Å². The van der Waals surface area contributed by atoms with Crippen LogP contribution in [0, 0.1) is 10.5 Å². The largest absolute Gasteiger partial charge is 0.122 e. The molecule has 0 saturated heterocycles. The van der Waals surface area contributed by atoms with E-state index in [2.05, 4.69) is 57.6 Å². The van der Waals surface area contributed by atoms with E-state index in [1.165, 1.54) is 14.7 Å². The maximum atomic E-state index is 5.73. The van der Waals surface area contributed by atoms with Gasteiger partial charge in [-0.3, -0.25) is 0 Å². The van der Waals surface area contributed by atoms with Gasteiger partial charge < -0.3 is 0 Å². The molecule has 0 spiro atoms. The maximum Gasteiger partial charge on any atom is 0.0477 e. The van der Waals surface area contributed by atoms with Crippen LogP contribution in [-0.4, -0.2) is 0 Å². The van der Waals surface area contributed by atoms with Crippen LogP contribution in [0.5, 0.6) is 0 Å². The van der Waals surface area contributed by atoms with E-state index in [-0.39, 0.29) is 0 Å². The molecule has 0 heterocycles. The summed E-state index contributed by atoms with van der Waals surface area (Å²) in [7, 11) is 0. The molecule has 0 atom stereocenters. The predicted octanol–water partition coefficient (Wildman–Crippen LogP) is 4.10. The fourth-order valence-corrected chi connectivity index (χ4v) is 2.10. The number of hydrogen-bond donors (Lipinski definition) is 0. The topological polar surface area (TPSA) is 0 Å². The predicted molar refractivity (Wildman–Crippen MR) is 61.2 cm³/mol. The van der Waals surface area contributed by atoms with E-state index in [1.54, 1.807) is 0 Å². The molecule has 0 N–H and O–H groups in total. The molecule has 0 aliphatic heterocycles. The lowest BCUT2D eigenvalue weighted by atomic mass is 10.1. The molecule has 0 aromatic heterocycles. The van der Waals surface area contributed by atoms with Gasteiger partial charge in [0.05, 0.1) is 0 Å². The van der Waals surface area contributed by atoms with E-state index in [0.717, 1.165) is 4.47 Å². The summed E-state index contributed by atoms with van der Waals surface area (Å²) < 4.78 is 2.39. The molecule has 1 aromatic carbocycles. The van der Waals surface area contributed by atoms with Gasteiger partial charge in [0.25, 0.3) is 0 Å². The SMILES string of the molecule is Cc1c(CCl)ccc(I)c1Br. The van der Waals surface area contributed by atoms with Crippen molar-refractivity contribution < 1.29 is 0 Å². The Morgan fingerprint density at radius 2 is 2.18 bits per heavy atom.